The molecule has 1 fully saturated rings. The molecule has 174 valence electrons. The standard InChI is InChI=1S/C24H28FN5O3/c1-17-3-4-18(13-21(17)25)14-26-22(31)15-29-9-11-30(12-10-29)16-23-27-24(28-33-23)19-5-7-20(32-2)8-6-19/h3-8,13H,9-12,14-16H2,1-2H3,(H,26,31). The molecular formula is C24H28FN5O3. The van der Waals surface area contributed by atoms with Crippen molar-refractivity contribution in [2.75, 3.05) is 39.8 Å². The first kappa shape index (κ1) is 22.9. The van der Waals surface area contributed by atoms with Gasteiger partial charge in [-0.05, 0) is 48.4 Å². The molecule has 0 radical (unpaired) electrons. The van der Waals surface area contributed by atoms with Gasteiger partial charge in [0.1, 0.15) is 11.6 Å². The molecule has 1 aromatic heterocycles. The van der Waals surface area contributed by atoms with E-state index < -0.39 is 0 Å². The maximum atomic E-state index is 13.6. The number of amides is 1. The molecule has 1 aliphatic heterocycles. The van der Waals surface area contributed by atoms with Crippen LogP contribution in [0.4, 0.5) is 4.39 Å². The summed E-state index contributed by atoms with van der Waals surface area (Å²) < 4.78 is 24.2. The summed E-state index contributed by atoms with van der Waals surface area (Å²) in [5.41, 5.74) is 2.22. The topological polar surface area (TPSA) is 83.7 Å². The van der Waals surface area contributed by atoms with Crippen LogP contribution >= 0.6 is 0 Å². The fraction of sp³-hybridized carbons (Fsp3) is 0.375. The molecule has 0 atom stereocenters. The predicted molar refractivity (Wildman–Crippen MR) is 121 cm³/mol. The number of piperazine rings is 1. The van der Waals surface area contributed by atoms with Gasteiger partial charge in [-0.2, -0.15) is 4.98 Å². The van der Waals surface area contributed by atoms with Crippen LogP contribution in [-0.4, -0.2) is 65.7 Å². The molecule has 1 amide bonds. The number of rotatable bonds is 8. The van der Waals surface area contributed by atoms with Crippen LogP contribution in [0.15, 0.2) is 47.0 Å². The Balaban J connectivity index is 1.20. The fourth-order valence-corrected chi connectivity index (χ4v) is 3.68. The molecule has 2 heterocycles. The molecule has 0 unspecified atom stereocenters. The zero-order valence-electron chi connectivity index (χ0n) is 18.9. The molecule has 1 saturated heterocycles. The van der Waals surface area contributed by atoms with Crippen molar-refractivity contribution in [2.45, 2.75) is 20.0 Å². The number of carbonyl (C=O) groups is 1. The number of aromatic nitrogens is 2. The molecule has 0 aliphatic carbocycles. The Hall–Kier alpha value is -3.30. The highest BCUT2D eigenvalue weighted by Crippen LogP contribution is 2.20. The second-order valence-corrected chi connectivity index (χ2v) is 8.15. The van der Waals surface area contributed by atoms with Crippen molar-refractivity contribution >= 4 is 5.91 Å². The molecule has 2 aromatic carbocycles. The van der Waals surface area contributed by atoms with Crippen molar-refractivity contribution in [3.63, 3.8) is 0 Å². The van der Waals surface area contributed by atoms with E-state index in [1.54, 1.807) is 20.1 Å². The van der Waals surface area contributed by atoms with Gasteiger partial charge in [-0.3, -0.25) is 14.6 Å². The van der Waals surface area contributed by atoms with Gasteiger partial charge in [0, 0.05) is 38.3 Å². The van der Waals surface area contributed by atoms with Crippen LogP contribution in [0.5, 0.6) is 5.75 Å². The third-order valence-electron chi connectivity index (χ3n) is 5.73. The lowest BCUT2D eigenvalue weighted by molar-refractivity contribution is -0.122. The van der Waals surface area contributed by atoms with E-state index in [9.17, 15) is 9.18 Å². The Bertz CT molecular complexity index is 1080. The lowest BCUT2D eigenvalue weighted by Crippen LogP contribution is -2.49. The average molecular weight is 454 g/mol. The highest BCUT2D eigenvalue weighted by Gasteiger charge is 2.21. The monoisotopic (exact) mass is 453 g/mol. The van der Waals surface area contributed by atoms with Gasteiger partial charge >= 0.3 is 0 Å². The van der Waals surface area contributed by atoms with Crippen molar-refractivity contribution < 1.29 is 18.4 Å². The van der Waals surface area contributed by atoms with Crippen LogP contribution in [0.3, 0.4) is 0 Å². The number of hydrogen-bond donors (Lipinski definition) is 1. The van der Waals surface area contributed by atoms with E-state index in [2.05, 4.69) is 25.3 Å². The third-order valence-corrected chi connectivity index (χ3v) is 5.73. The van der Waals surface area contributed by atoms with E-state index in [0.29, 0.717) is 36.9 Å². The summed E-state index contributed by atoms with van der Waals surface area (Å²) in [6, 6.07) is 12.5. The van der Waals surface area contributed by atoms with E-state index in [4.69, 9.17) is 9.26 Å². The van der Waals surface area contributed by atoms with Crippen molar-refractivity contribution in [1.29, 1.82) is 0 Å². The van der Waals surface area contributed by atoms with E-state index >= 15 is 0 Å². The summed E-state index contributed by atoms with van der Waals surface area (Å²) in [7, 11) is 1.63. The van der Waals surface area contributed by atoms with E-state index in [1.165, 1.54) is 6.07 Å². The number of hydrogen-bond acceptors (Lipinski definition) is 7. The summed E-state index contributed by atoms with van der Waals surface area (Å²) in [4.78, 5) is 21.1. The number of nitrogens with zero attached hydrogens (tertiary/aromatic N) is 4. The largest absolute Gasteiger partial charge is 0.497 e. The average Bonchev–Trinajstić information content (AvgIpc) is 3.29. The van der Waals surface area contributed by atoms with Gasteiger partial charge in [-0.25, -0.2) is 4.39 Å². The van der Waals surface area contributed by atoms with Crippen LogP contribution in [0.2, 0.25) is 0 Å². The maximum Gasteiger partial charge on any atom is 0.241 e. The SMILES string of the molecule is COc1ccc(-c2noc(CN3CCN(CC(=O)NCc4ccc(C)c(F)c4)CC3)n2)cc1. The Kier molecular flexibility index (Phi) is 7.31. The molecule has 0 bridgehead atoms. The van der Waals surface area contributed by atoms with Gasteiger partial charge in [-0.15, -0.1) is 0 Å². The molecule has 33 heavy (non-hydrogen) atoms. The number of nitrogens with one attached hydrogen (secondary N) is 1. The molecule has 1 N–H and O–H groups in total. The first-order valence-electron chi connectivity index (χ1n) is 10.9. The minimum atomic E-state index is -0.254. The molecule has 0 spiro atoms. The maximum absolute atomic E-state index is 13.6. The fourth-order valence-electron chi connectivity index (χ4n) is 3.68. The first-order chi connectivity index (χ1) is 16.0. The van der Waals surface area contributed by atoms with Crippen molar-refractivity contribution in [3.8, 4) is 17.1 Å². The highest BCUT2D eigenvalue weighted by atomic mass is 19.1. The van der Waals surface area contributed by atoms with E-state index in [1.807, 2.05) is 30.3 Å². The predicted octanol–water partition coefficient (Wildman–Crippen LogP) is 2.63. The Labute approximate surface area is 192 Å². The molecule has 4 rings (SSSR count). The summed E-state index contributed by atoms with van der Waals surface area (Å²) >= 11 is 0. The van der Waals surface area contributed by atoms with Gasteiger partial charge in [0.05, 0.1) is 20.2 Å². The number of methoxy groups -OCH3 is 1. The van der Waals surface area contributed by atoms with Crippen molar-refractivity contribution in [2.24, 2.45) is 0 Å². The van der Waals surface area contributed by atoms with Gasteiger partial charge in [0.2, 0.25) is 17.6 Å². The Morgan fingerprint density at radius 2 is 1.85 bits per heavy atom. The summed E-state index contributed by atoms with van der Waals surface area (Å²) in [6.07, 6.45) is 0. The molecule has 3 aromatic rings. The normalized spacial score (nSPS) is 14.9. The zero-order chi connectivity index (χ0) is 23.2. The van der Waals surface area contributed by atoms with Crippen LogP contribution in [0.25, 0.3) is 11.4 Å². The van der Waals surface area contributed by atoms with Crippen molar-refractivity contribution in [3.05, 3.63) is 65.3 Å². The Morgan fingerprint density at radius 3 is 2.55 bits per heavy atom. The van der Waals surface area contributed by atoms with E-state index in [-0.39, 0.29) is 11.7 Å². The van der Waals surface area contributed by atoms with Crippen LogP contribution in [-0.2, 0) is 17.9 Å². The van der Waals surface area contributed by atoms with Gasteiger partial charge in [0.15, 0.2) is 0 Å². The van der Waals surface area contributed by atoms with Gasteiger partial charge in [-0.1, -0.05) is 17.3 Å². The minimum absolute atomic E-state index is 0.0644. The van der Waals surface area contributed by atoms with Gasteiger partial charge in [0.25, 0.3) is 0 Å². The van der Waals surface area contributed by atoms with Crippen molar-refractivity contribution in [1.82, 2.24) is 25.3 Å². The molecule has 0 saturated carbocycles. The zero-order valence-corrected chi connectivity index (χ0v) is 18.9. The second-order valence-electron chi connectivity index (χ2n) is 8.15. The number of aryl methyl sites for hydroxylation is 1. The third kappa shape index (κ3) is 6.15. The first-order valence-corrected chi connectivity index (χ1v) is 10.9. The lowest BCUT2D eigenvalue weighted by atomic mass is 10.1. The summed E-state index contributed by atoms with van der Waals surface area (Å²) in [5.74, 6) is 1.58. The quantitative estimate of drug-likeness (QED) is 0.561. The summed E-state index contributed by atoms with van der Waals surface area (Å²) in [5, 5.41) is 6.94. The molecule has 8 nitrogen and oxygen atoms in total. The summed E-state index contributed by atoms with van der Waals surface area (Å²) in [6.45, 7) is 6.08. The highest BCUT2D eigenvalue weighted by molar-refractivity contribution is 5.78. The second kappa shape index (κ2) is 10.5. The van der Waals surface area contributed by atoms with Crippen LogP contribution in [0.1, 0.15) is 17.0 Å². The Morgan fingerprint density at radius 1 is 1.12 bits per heavy atom. The van der Waals surface area contributed by atoms with Crippen LogP contribution in [0, 0.1) is 12.7 Å². The smallest absolute Gasteiger partial charge is 0.241 e. The number of benzene rings is 2. The number of carbonyl (C=O) groups excluding carboxylic acids is 1. The molecule has 1 aliphatic rings. The molecule has 9 heteroatoms. The van der Waals surface area contributed by atoms with E-state index in [0.717, 1.165) is 43.1 Å². The number of ether oxygens (including phenoxy) is 1. The minimum Gasteiger partial charge on any atom is -0.497 e. The molecular weight excluding hydrogens is 425 g/mol. The van der Waals surface area contributed by atoms with Crippen LogP contribution < -0.4 is 10.1 Å². The van der Waals surface area contributed by atoms with Gasteiger partial charge < -0.3 is 14.6 Å². The lowest BCUT2D eigenvalue weighted by Gasteiger charge is -2.33. The number of halogens is 1.